The van der Waals surface area contributed by atoms with Gasteiger partial charge in [-0.05, 0) is 92.7 Å². The maximum atomic E-state index is 14.3. The van der Waals surface area contributed by atoms with Gasteiger partial charge in [0.05, 0.1) is 22.9 Å². The number of fused-ring (bicyclic) bond motifs is 1. The highest BCUT2D eigenvalue weighted by Gasteiger charge is 2.73. The van der Waals surface area contributed by atoms with Crippen molar-refractivity contribution in [2.75, 3.05) is 4.90 Å². The average Bonchev–Trinajstić information content (AvgIpc) is 3.10. The van der Waals surface area contributed by atoms with Crippen LogP contribution in [0.4, 0.5) is 5.69 Å². The lowest BCUT2D eigenvalue weighted by Gasteiger charge is -2.68. The number of anilines is 1. The summed E-state index contributed by atoms with van der Waals surface area (Å²) in [5.41, 5.74) is 1.83. The molecule has 5 nitrogen and oxygen atoms in total. The van der Waals surface area contributed by atoms with Crippen molar-refractivity contribution in [2.45, 2.75) is 73.1 Å². The Morgan fingerprint density at radius 1 is 1.08 bits per heavy atom. The van der Waals surface area contributed by atoms with E-state index in [1.807, 2.05) is 38.1 Å². The molecule has 7 rings (SSSR count). The van der Waals surface area contributed by atoms with Gasteiger partial charge >= 0.3 is 5.97 Å². The molecule has 5 aliphatic carbocycles. The number of rotatable bonds is 3. The van der Waals surface area contributed by atoms with Gasteiger partial charge in [0, 0.05) is 5.41 Å². The largest absolute Gasteiger partial charge is 0.481 e. The second-order valence-electron chi connectivity index (χ2n) is 13.3. The Balaban J connectivity index is 1.50. The first-order valence-corrected chi connectivity index (χ1v) is 13.9. The molecule has 0 radical (unpaired) electrons. The van der Waals surface area contributed by atoms with Crippen LogP contribution >= 0.6 is 0 Å². The van der Waals surface area contributed by atoms with E-state index in [1.165, 1.54) is 10.5 Å². The van der Waals surface area contributed by atoms with Gasteiger partial charge in [0.25, 0.3) is 0 Å². The molecule has 4 fully saturated rings. The molecule has 1 saturated heterocycles. The molecule has 192 valence electrons. The topological polar surface area (TPSA) is 74.7 Å². The zero-order valence-electron chi connectivity index (χ0n) is 22.2. The van der Waals surface area contributed by atoms with E-state index in [0.717, 1.165) is 44.1 Å². The molecule has 5 heteroatoms. The summed E-state index contributed by atoms with van der Waals surface area (Å²) in [6.45, 7) is 10.7. The van der Waals surface area contributed by atoms with Crippen LogP contribution in [0.25, 0.3) is 0 Å². The number of hydrogen-bond donors (Lipinski definition) is 1. The number of carboxylic acids is 1. The van der Waals surface area contributed by atoms with Crippen LogP contribution < -0.4 is 4.90 Å². The summed E-state index contributed by atoms with van der Waals surface area (Å²) in [6.07, 6.45) is 7.58. The summed E-state index contributed by atoms with van der Waals surface area (Å²) in [4.78, 5) is 42.3. The van der Waals surface area contributed by atoms with Crippen LogP contribution in [-0.2, 0) is 14.4 Å². The Kier molecular flexibility index (Phi) is 5.02. The van der Waals surface area contributed by atoms with Crippen molar-refractivity contribution in [1.82, 2.24) is 0 Å². The fourth-order valence-corrected chi connectivity index (χ4v) is 9.98. The molecule has 1 aliphatic heterocycles. The van der Waals surface area contributed by atoms with E-state index in [2.05, 4.69) is 26.8 Å². The van der Waals surface area contributed by atoms with Gasteiger partial charge in [-0.25, -0.2) is 4.90 Å². The van der Waals surface area contributed by atoms with Crippen LogP contribution in [0.2, 0.25) is 0 Å². The van der Waals surface area contributed by atoms with Gasteiger partial charge in [0.2, 0.25) is 11.8 Å². The third-order valence-corrected chi connectivity index (χ3v) is 11.4. The summed E-state index contributed by atoms with van der Waals surface area (Å²) in [7, 11) is 0. The minimum atomic E-state index is -0.724. The molecule has 1 aromatic carbocycles. The zero-order valence-corrected chi connectivity index (χ0v) is 22.2. The van der Waals surface area contributed by atoms with Crippen molar-refractivity contribution in [1.29, 1.82) is 0 Å². The van der Waals surface area contributed by atoms with E-state index in [0.29, 0.717) is 11.6 Å². The molecular weight excluding hydrogens is 450 g/mol. The standard InChI is InChI=1S/C31H39NO4/c1-17(2)21-16-31-13-10-22-29(4,11-7-12-30(22,5)28(35)36)23(31)15-20(21)24-25(31)27(34)32(26(24)33)19-9-6-8-18(3)14-19/h6,8-9,14,16-17,20,22-25H,7,10-13,15H2,1-5H3,(H,35,36)/t20-,22+,23-,24+,25-,29-,30+,31-/m0/s1. The van der Waals surface area contributed by atoms with Crippen LogP contribution in [0, 0.1) is 58.7 Å². The van der Waals surface area contributed by atoms with Gasteiger partial charge in [0.15, 0.2) is 0 Å². The number of carboxylic acid groups (broad SMARTS) is 1. The monoisotopic (exact) mass is 489 g/mol. The number of hydrogen-bond acceptors (Lipinski definition) is 3. The molecule has 6 aliphatic rings. The first kappa shape index (κ1) is 23.9. The van der Waals surface area contributed by atoms with Gasteiger partial charge in [-0.15, -0.1) is 0 Å². The number of aryl methyl sites for hydroxylation is 1. The quantitative estimate of drug-likeness (QED) is 0.417. The second kappa shape index (κ2) is 7.55. The third-order valence-electron chi connectivity index (χ3n) is 11.4. The molecule has 8 atom stereocenters. The van der Waals surface area contributed by atoms with E-state index >= 15 is 0 Å². The zero-order chi connectivity index (χ0) is 25.8. The molecule has 1 N–H and O–H groups in total. The van der Waals surface area contributed by atoms with Gasteiger partial charge < -0.3 is 5.11 Å². The fourth-order valence-electron chi connectivity index (χ4n) is 9.98. The smallest absolute Gasteiger partial charge is 0.309 e. The highest BCUT2D eigenvalue weighted by atomic mass is 16.4. The van der Waals surface area contributed by atoms with Crippen LogP contribution in [0.15, 0.2) is 35.9 Å². The normalized spacial score (nSPS) is 43.2. The lowest BCUT2D eigenvalue weighted by molar-refractivity contribution is -0.194. The first-order chi connectivity index (χ1) is 17.0. The number of benzene rings is 1. The Labute approximate surface area is 214 Å². The van der Waals surface area contributed by atoms with Crippen molar-refractivity contribution < 1.29 is 19.5 Å². The third kappa shape index (κ3) is 2.80. The molecule has 2 bridgehead atoms. The Morgan fingerprint density at radius 2 is 1.83 bits per heavy atom. The van der Waals surface area contributed by atoms with Crippen molar-refractivity contribution in [2.24, 2.45) is 51.8 Å². The number of imide groups is 1. The molecule has 0 aromatic heterocycles. The summed E-state index contributed by atoms with van der Waals surface area (Å²) < 4.78 is 0. The van der Waals surface area contributed by atoms with Gasteiger partial charge in [-0.3, -0.25) is 14.4 Å². The van der Waals surface area contributed by atoms with Crippen LogP contribution in [0.1, 0.15) is 71.8 Å². The number of carbonyl (C=O) groups is 3. The molecule has 1 spiro atoms. The summed E-state index contributed by atoms with van der Waals surface area (Å²) >= 11 is 0. The molecule has 1 heterocycles. The SMILES string of the molecule is Cc1cccc(N2C(=O)[C@H]3[C@@H](C2=O)[C@@]24C=C(C(C)C)[C@@H]3C[C@H]2[C@@]2(C)CCC[C@@](C)(C(=O)O)[C@@H]2CC4)c1. The van der Waals surface area contributed by atoms with Gasteiger partial charge in [-0.2, -0.15) is 0 Å². The predicted octanol–water partition coefficient (Wildman–Crippen LogP) is 6.01. The molecular formula is C31H39NO4. The number of aliphatic carboxylic acids is 1. The molecule has 0 unspecified atom stereocenters. The maximum absolute atomic E-state index is 14.3. The predicted molar refractivity (Wildman–Crippen MR) is 138 cm³/mol. The summed E-state index contributed by atoms with van der Waals surface area (Å²) in [6, 6.07) is 7.73. The van der Waals surface area contributed by atoms with E-state index in [-0.39, 0.29) is 52.2 Å². The summed E-state index contributed by atoms with van der Waals surface area (Å²) in [5.74, 6) is -0.679. The average molecular weight is 490 g/mol. The highest BCUT2D eigenvalue weighted by molar-refractivity contribution is 6.23. The molecule has 36 heavy (non-hydrogen) atoms. The van der Waals surface area contributed by atoms with E-state index in [1.54, 1.807) is 0 Å². The number of carbonyl (C=O) groups excluding carboxylic acids is 2. The fraction of sp³-hybridized carbons (Fsp3) is 0.645. The number of allylic oxidation sites excluding steroid dienone is 2. The molecule has 1 aromatic rings. The van der Waals surface area contributed by atoms with Crippen molar-refractivity contribution in [3.05, 3.63) is 41.5 Å². The Bertz CT molecular complexity index is 1200. The molecule has 3 saturated carbocycles. The first-order valence-electron chi connectivity index (χ1n) is 13.9. The molecule has 2 amide bonds. The number of nitrogens with zero attached hydrogens (tertiary/aromatic N) is 1. The van der Waals surface area contributed by atoms with Crippen molar-refractivity contribution >= 4 is 23.5 Å². The highest BCUT2D eigenvalue weighted by Crippen LogP contribution is 2.74. The van der Waals surface area contributed by atoms with Crippen molar-refractivity contribution in [3.63, 3.8) is 0 Å². The van der Waals surface area contributed by atoms with Crippen LogP contribution in [0.5, 0.6) is 0 Å². The van der Waals surface area contributed by atoms with E-state index in [4.69, 9.17) is 0 Å². The van der Waals surface area contributed by atoms with E-state index in [9.17, 15) is 19.5 Å². The van der Waals surface area contributed by atoms with Gasteiger partial charge in [0.1, 0.15) is 0 Å². The maximum Gasteiger partial charge on any atom is 0.309 e. The summed E-state index contributed by atoms with van der Waals surface area (Å²) in [5, 5.41) is 10.3. The van der Waals surface area contributed by atoms with Gasteiger partial charge in [-0.1, -0.05) is 51.0 Å². The Hall–Kier alpha value is -2.43. The minimum Gasteiger partial charge on any atom is -0.481 e. The van der Waals surface area contributed by atoms with E-state index < -0.39 is 11.4 Å². The second-order valence-corrected chi connectivity index (χ2v) is 13.3. The number of amides is 2. The van der Waals surface area contributed by atoms with Crippen LogP contribution in [-0.4, -0.2) is 22.9 Å². The Morgan fingerprint density at radius 3 is 2.50 bits per heavy atom. The van der Waals surface area contributed by atoms with Crippen molar-refractivity contribution in [3.8, 4) is 0 Å². The lowest BCUT2D eigenvalue weighted by Crippen LogP contribution is -2.65. The minimum absolute atomic E-state index is 0.0315. The lowest BCUT2D eigenvalue weighted by atomic mass is 9.34. The van der Waals surface area contributed by atoms with Crippen LogP contribution in [0.3, 0.4) is 0 Å².